The van der Waals surface area contributed by atoms with Crippen LogP contribution in [-0.4, -0.2) is 41.8 Å². The summed E-state index contributed by atoms with van der Waals surface area (Å²) in [5.74, 6) is 2.00. The average Bonchev–Trinajstić information content (AvgIpc) is 3.31. The van der Waals surface area contributed by atoms with Crippen molar-refractivity contribution in [3.8, 4) is 0 Å². The Morgan fingerprint density at radius 1 is 1.13 bits per heavy atom. The monoisotopic (exact) mass is 310 g/mol. The summed E-state index contributed by atoms with van der Waals surface area (Å²) in [7, 11) is 0. The first-order valence-electron chi connectivity index (χ1n) is 8.28. The van der Waals surface area contributed by atoms with Crippen molar-refractivity contribution < 1.29 is 0 Å². The van der Waals surface area contributed by atoms with Crippen molar-refractivity contribution in [1.29, 1.82) is 0 Å². The summed E-state index contributed by atoms with van der Waals surface area (Å²) in [6, 6.07) is 4.17. The second-order valence-corrected chi connectivity index (χ2v) is 6.32. The maximum Gasteiger partial charge on any atom is 0.200 e. The lowest BCUT2D eigenvalue weighted by molar-refractivity contribution is 0.650. The molecule has 23 heavy (non-hydrogen) atoms. The van der Waals surface area contributed by atoms with Crippen LogP contribution < -0.4 is 4.90 Å². The van der Waals surface area contributed by atoms with E-state index in [4.69, 9.17) is 4.98 Å². The molecule has 3 aromatic heterocycles. The highest BCUT2D eigenvalue weighted by molar-refractivity contribution is 5.46. The van der Waals surface area contributed by atoms with Crippen LogP contribution in [0.2, 0.25) is 0 Å². The SMILES string of the molecule is c1cc2nnnn2nc1N1CCC[C@@H]1c1nc2c([nH]1)CCCC2. The molecule has 0 spiro atoms. The normalized spacial score (nSPS) is 21.0. The Morgan fingerprint density at radius 3 is 3.04 bits per heavy atom. The number of H-pyrrole nitrogens is 1. The van der Waals surface area contributed by atoms with Gasteiger partial charge in [-0.1, -0.05) is 0 Å². The molecule has 1 aliphatic heterocycles. The molecule has 1 N–H and O–H groups in total. The number of rotatable bonds is 2. The van der Waals surface area contributed by atoms with E-state index < -0.39 is 0 Å². The highest BCUT2D eigenvalue weighted by Crippen LogP contribution is 2.35. The van der Waals surface area contributed by atoms with E-state index >= 15 is 0 Å². The molecule has 0 aromatic carbocycles. The van der Waals surface area contributed by atoms with Crippen LogP contribution in [-0.2, 0) is 12.8 Å². The number of hydrogen-bond donors (Lipinski definition) is 1. The lowest BCUT2D eigenvalue weighted by Gasteiger charge is -2.23. The van der Waals surface area contributed by atoms with E-state index in [1.54, 1.807) is 0 Å². The minimum atomic E-state index is 0.266. The Bertz CT molecular complexity index is 827. The first-order chi connectivity index (χ1) is 11.4. The molecule has 2 aliphatic rings. The highest BCUT2D eigenvalue weighted by atomic mass is 15.6. The van der Waals surface area contributed by atoms with E-state index in [2.05, 4.69) is 30.5 Å². The van der Waals surface area contributed by atoms with Crippen molar-refractivity contribution in [2.45, 2.75) is 44.6 Å². The maximum absolute atomic E-state index is 4.89. The molecule has 1 aliphatic carbocycles. The summed E-state index contributed by atoms with van der Waals surface area (Å²) in [5.41, 5.74) is 3.27. The number of aromatic amines is 1. The number of hydrogen-bond acceptors (Lipinski definition) is 6. The Balaban J connectivity index is 1.50. The molecule has 118 valence electrons. The second-order valence-electron chi connectivity index (χ2n) is 6.32. The Kier molecular flexibility index (Phi) is 2.82. The van der Waals surface area contributed by atoms with Crippen molar-refractivity contribution in [3.63, 3.8) is 0 Å². The molecule has 0 amide bonds. The minimum Gasteiger partial charge on any atom is -0.345 e. The molecule has 8 nitrogen and oxygen atoms in total. The second kappa shape index (κ2) is 5.00. The zero-order chi connectivity index (χ0) is 15.2. The van der Waals surface area contributed by atoms with E-state index in [0.717, 1.165) is 43.9 Å². The van der Waals surface area contributed by atoms with Gasteiger partial charge in [0.2, 0.25) is 0 Å². The number of aromatic nitrogens is 7. The van der Waals surface area contributed by atoms with Crippen LogP contribution in [0, 0.1) is 0 Å². The number of imidazole rings is 1. The fourth-order valence-corrected chi connectivity index (χ4v) is 3.75. The van der Waals surface area contributed by atoms with Gasteiger partial charge in [-0.15, -0.1) is 14.8 Å². The average molecular weight is 310 g/mol. The molecule has 0 radical (unpaired) electrons. The molecule has 1 atom stereocenters. The number of tetrazole rings is 1. The topological polar surface area (TPSA) is 87.9 Å². The van der Waals surface area contributed by atoms with Crippen LogP contribution in [0.25, 0.3) is 5.65 Å². The van der Waals surface area contributed by atoms with Gasteiger partial charge in [0.05, 0.1) is 11.7 Å². The molecular formula is C15H18N8. The van der Waals surface area contributed by atoms with Gasteiger partial charge in [0.1, 0.15) is 5.82 Å². The number of nitrogens with zero attached hydrogens (tertiary/aromatic N) is 7. The van der Waals surface area contributed by atoms with Crippen LogP contribution in [0.1, 0.15) is 48.9 Å². The molecule has 0 saturated carbocycles. The third-order valence-corrected chi connectivity index (χ3v) is 4.89. The predicted octanol–water partition coefficient (Wildman–Crippen LogP) is 1.46. The molecule has 1 saturated heterocycles. The van der Waals surface area contributed by atoms with Crippen LogP contribution in [0.15, 0.2) is 12.1 Å². The first kappa shape index (κ1) is 13.0. The summed E-state index contributed by atoms with van der Waals surface area (Å²) >= 11 is 0. The van der Waals surface area contributed by atoms with Crippen LogP contribution in [0.5, 0.6) is 0 Å². The summed E-state index contributed by atoms with van der Waals surface area (Å²) in [4.78, 5) is 10.8. The third kappa shape index (κ3) is 2.08. The Labute approximate surface area is 132 Å². The molecule has 4 heterocycles. The molecule has 1 fully saturated rings. The maximum atomic E-state index is 4.89. The van der Waals surface area contributed by atoms with Gasteiger partial charge in [0.25, 0.3) is 0 Å². The number of nitrogens with one attached hydrogen (secondary N) is 1. The van der Waals surface area contributed by atoms with E-state index in [1.165, 1.54) is 28.9 Å². The lowest BCUT2D eigenvalue weighted by atomic mass is 10.0. The van der Waals surface area contributed by atoms with E-state index in [-0.39, 0.29) is 6.04 Å². The van der Waals surface area contributed by atoms with Crippen LogP contribution in [0.4, 0.5) is 5.82 Å². The van der Waals surface area contributed by atoms with Gasteiger partial charge in [0.15, 0.2) is 11.5 Å². The minimum absolute atomic E-state index is 0.266. The van der Waals surface area contributed by atoms with Gasteiger partial charge in [-0.05, 0) is 61.1 Å². The van der Waals surface area contributed by atoms with Gasteiger partial charge in [-0.25, -0.2) is 4.98 Å². The van der Waals surface area contributed by atoms with E-state index in [9.17, 15) is 0 Å². The molecule has 5 rings (SSSR count). The predicted molar refractivity (Wildman–Crippen MR) is 83.1 cm³/mol. The van der Waals surface area contributed by atoms with E-state index in [0.29, 0.717) is 5.65 Å². The fraction of sp³-hybridized carbons (Fsp3) is 0.533. The van der Waals surface area contributed by atoms with Crippen molar-refractivity contribution in [2.75, 3.05) is 11.4 Å². The molecule has 8 heteroatoms. The van der Waals surface area contributed by atoms with Crippen LogP contribution >= 0.6 is 0 Å². The summed E-state index contributed by atoms with van der Waals surface area (Å²) in [5, 5.41) is 16.0. The molecular weight excluding hydrogens is 292 g/mol. The highest BCUT2D eigenvalue weighted by Gasteiger charge is 2.31. The Hall–Kier alpha value is -2.51. The Morgan fingerprint density at radius 2 is 2.09 bits per heavy atom. The van der Waals surface area contributed by atoms with Gasteiger partial charge >= 0.3 is 0 Å². The number of aryl methyl sites for hydroxylation is 2. The zero-order valence-electron chi connectivity index (χ0n) is 12.8. The first-order valence-corrected chi connectivity index (χ1v) is 8.28. The lowest BCUT2D eigenvalue weighted by Crippen LogP contribution is -2.25. The summed E-state index contributed by atoms with van der Waals surface area (Å²) < 4.78 is 1.48. The van der Waals surface area contributed by atoms with Crippen molar-refractivity contribution >= 4 is 11.5 Å². The van der Waals surface area contributed by atoms with Gasteiger partial charge in [0, 0.05) is 12.2 Å². The van der Waals surface area contributed by atoms with Crippen molar-refractivity contribution in [1.82, 2.24) is 35.2 Å². The number of fused-ring (bicyclic) bond motifs is 2. The molecule has 0 bridgehead atoms. The van der Waals surface area contributed by atoms with Gasteiger partial charge in [-0.3, -0.25) is 0 Å². The van der Waals surface area contributed by atoms with E-state index in [1.807, 2.05) is 12.1 Å². The van der Waals surface area contributed by atoms with Gasteiger partial charge < -0.3 is 9.88 Å². The largest absolute Gasteiger partial charge is 0.345 e. The quantitative estimate of drug-likeness (QED) is 0.771. The molecule has 0 unspecified atom stereocenters. The zero-order valence-corrected chi connectivity index (χ0v) is 12.8. The van der Waals surface area contributed by atoms with Gasteiger partial charge in [-0.2, -0.15) is 0 Å². The van der Waals surface area contributed by atoms with Crippen molar-refractivity contribution in [2.24, 2.45) is 0 Å². The summed E-state index contributed by atoms with van der Waals surface area (Å²) in [6.45, 7) is 0.983. The van der Waals surface area contributed by atoms with Crippen LogP contribution in [0.3, 0.4) is 0 Å². The van der Waals surface area contributed by atoms with Crippen molar-refractivity contribution in [3.05, 3.63) is 29.3 Å². The number of anilines is 1. The third-order valence-electron chi connectivity index (χ3n) is 4.89. The smallest absolute Gasteiger partial charge is 0.200 e. The summed E-state index contributed by atoms with van der Waals surface area (Å²) in [6.07, 6.45) is 6.99. The fourth-order valence-electron chi connectivity index (χ4n) is 3.75. The molecule has 3 aromatic rings. The standard InChI is InChI=1S/C15H18N8/c1-2-5-11-10(4-1)16-15(17-11)12-6-3-9-22(12)14-8-7-13-18-20-21-23(13)19-14/h7-8,12H,1-6,9H2,(H,16,17)/t12-/m1/s1.